The van der Waals surface area contributed by atoms with E-state index in [0.29, 0.717) is 0 Å². The Labute approximate surface area is 105 Å². The van der Waals surface area contributed by atoms with E-state index in [9.17, 15) is 0 Å². The van der Waals surface area contributed by atoms with Gasteiger partial charge in [0.25, 0.3) is 0 Å². The van der Waals surface area contributed by atoms with E-state index in [1.54, 1.807) is 6.20 Å². The minimum atomic E-state index is 0.721. The Balaban J connectivity index is 2.02. The molecule has 0 amide bonds. The molecule has 15 heavy (non-hydrogen) atoms. The molecule has 0 aliphatic heterocycles. The highest BCUT2D eigenvalue weighted by atomic mass is 79.9. The first-order valence-corrected chi connectivity index (χ1v) is 6.15. The number of rotatable bonds is 3. The van der Waals surface area contributed by atoms with Gasteiger partial charge in [0.1, 0.15) is 5.00 Å². The van der Waals surface area contributed by atoms with Gasteiger partial charge in [-0.2, -0.15) is 0 Å². The van der Waals surface area contributed by atoms with Gasteiger partial charge in [0.2, 0.25) is 0 Å². The molecule has 0 bridgehead atoms. The van der Waals surface area contributed by atoms with Crippen LogP contribution in [0.2, 0.25) is 5.02 Å². The van der Waals surface area contributed by atoms with Gasteiger partial charge in [0.05, 0.1) is 11.2 Å². The van der Waals surface area contributed by atoms with Gasteiger partial charge in [0, 0.05) is 22.5 Å². The van der Waals surface area contributed by atoms with Gasteiger partial charge in [-0.05, 0) is 33.6 Å². The van der Waals surface area contributed by atoms with Gasteiger partial charge in [-0.1, -0.05) is 22.2 Å². The Bertz CT molecular complexity index is 447. The molecular formula is C9H7BrClN3S. The van der Waals surface area contributed by atoms with E-state index >= 15 is 0 Å². The summed E-state index contributed by atoms with van der Waals surface area (Å²) in [5, 5.41) is 8.64. The zero-order valence-electron chi connectivity index (χ0n) is 7.58. The Morgan fingerprint density at radius 2 is 2.33 bits per heavy atom. The third-order valence-corrected chi connectivity index (χ3v) is 3.65. The van der Waals surface area contributed by atoms with Gasteiger partial charge < -0.3 is 5.32 Å². The van der Waals surface area contributed by atoms with Crippen molar-refractivity contribution in [2.75, 3.05) is 5.32 Å². The highest BCUT2D eigenvalue weighted by Gasteiger charge is 2.00. The maximum atomic E-state index is 5.90. The van der Waals surface area contributed by atoms with Crippen LogP contribution in [-0.2, 0) is 6.54 Å². The third kappa shape index (κ3) is 2.90. The summed E-state index contributed by atoms with van der Waals surface area (Å²) in [7, 11) is 0. The molecule has 1 heterocycles. The van der Waals surface area contributed by atoms with Crippen molar-refractivity contribution in [2.45, 2.75) is 6.54 Å². The zero-order chi connectivity index (χ0) is 10.7. The van der Waals surface area contributed by atoms with Crippen LogP contribution in [0.5, 0.6) is 0 Å². The molecular weight excluding hydrogens is 298 g/mol. The van der Waals surface area contributed by atoms with Crippen molar-refractivity contribution in [3.8, 4) is 0 Å². The summed E-state index contributed by atoms with van der Waals surface area (Å²) in [6.07, 6.45) is 1.70. The van der Waals surface area contributed by atoms with Gasteiger partial charge in [-0.3, -0.25) is 0 Å². The fourth-order valence-electron chi connectivity index (χ4n) is 1.08. The lowest BCUT2D eigenvalue weighted by Gasteiger charge is -2.04. The summed E-state index contributed by atoms with van der Waals surface area (Å²) in [6, 6.07) is 5.84. The summed E-state index contributed by atoms with van der Waals surface area (Å²) in [5.74, 6) is 0. The van der Waals surface area contributed by atoms with E-state index in [0.717, 1.165) is 26.6 Å². The van der Waals surface area contributed by atoms with E-state index < -0.39 is 0 Å². The van der Waals surface area contributed by atoms with Crippen molar-refractivity contribution in [1.82, 2.24) is 9.59 Å². The summed E-state index contributed by atoms with van der Waals surface area (Å²) >= 11 is 10.6. The summed E-state index contributed by atoms with van der Waals surface area (Å²) in [6.45, 7) is 0.736. The maximum absolute atomic E-state index is 5.90. The lowest BCUT2D eigenvalue weighted by Crippen LogP contribution is -1.97. The first-order valence-electron chi connectivity index (χ1n) is 4.21. The van der Waals surface area contributed by atoms with Gasteiger partial charge in [-0.25, -0.2) is 0 Å². The standard InChI is InChI=1S/C9H7BrClN3S/c10-7-3-6(1-2-8(7)11)4-12-9-5-13-14-15-9/h1-3,5,12H,4H2. The van der Waals surface area contributed by atoms with Gasteiger partial charge in [0.15, 0.2) is 0 Å². The molecule has 0 fully saturated rings. The first kappa shape index (κ1) is 10.9. The van der Waals surface area contributed by atoms with Crippen molar-refractivity contribution >= 4 is 44.1 Å². The average Bonchev–Trinajstić information content (AvgIpc) is 2.73. The van der Waals surface area contributed by atoms with E-state index in [-0.39, 0.29) is 0 Å². The summed E-state index contributed by atoms with van der Waals surface area (Å²) in [4.78, 5) is 0. The van der Waals surface area contributed by atoms with Crippen LogP contribution >= 0.6 is 39.1 Å². The molecule has 0 saturated carbocycles. The molecule has 6 heteroatoms. The third-order valence-electron chi connectivity index (χ3n) is 1.81. The number of hydrogen-bond donors (Lipinski definition) is 1. The Morgan fingerprint density at radius 3 is 3.00 bits per heavy atom. The van der Waals surface area contributed by atoms with E-state index in [1.807, 2.05) is 18.2 Å². The molecule has 1 N–H and O–H groups in total. The number of benzene rings is 1. The van der Waals surface area contributed by atoms with E-state index in [1.165, 1.54) is 11.5 Å². The van der Waals surface area contributed by atoms with Crippen molar-refractivity contribution in [3.63, 3.8) is 0 Å². The Kier molecular flexibility index (Phi) is 3.56. The predicted molar refractivity (Wildman–Crippen MR) is 66.4 cm³/mol. The molecule has 1 aromatic heterocycles. The number of anilines is 1. The minimum absolute atomic E-state index is 0.721. The van der Waals surface area contributed by atoms with Crippen LogP contribution in [0.1, 0.15) is 5.56 Å². The van der Waals surface area contributed by atoms with Crippen molar-refractivity contribution in [1.29, 1.82) is 0 Å². The number of halogens is 2. The second kappa shape index (κ2) is 4.92. The SMILES string of the molecule is Clc1ccc(CNc2cnns2)cc1Br. The predicted octanol–water partition coefficient (Wildman–Crippen LogP) is 3.57. The lowest BCUT2D eigenvalue weighted by atomic mass is 10.2. The molecule has 0 spiro atoms. The normalized spacial score (nSPS) is 10.3. The second-order valence-electron chi connectivity index (χ2n) is 2.88. The molecule has 1 aromatic carbocycles. The second-order valence-corrected chi connectivity index (χ2v) is 4.93. The van der Waals surface area contributed by atoms with Crippen LogP contribution in [0.15, 0.2) is 28.9 Å². The lowest BCUT2D eigenvalue weighted by molar-refractivity contribution is 1.13. The fraction of sp³-hybridized carbons (Fsp3) is 0.111. The highest BCUT2D eigenvalue weighted by Crippen LogP contribution is 2.23. The number of nitrogens with one attached hydrogen (secondary N) is 1. The van der Waals surface area contributed by atoms with Gasteiger partial charge in [-0.15, -0.1) is 5.10 Å². The topological polar surface area (TPSA) is 37.8 Å². The largest absolute Gasteiger partial charge is 0.370 e. The molecule has 0 aliphatic carbocycles. The number of nitrogens with zero attached hydrogens (tertiary/aromatic N) is 2. The fourth-order valence-corrected chi connectivity index (χ4v) is 2.04. The molecule has 0 aliphatic rings. The van der Waals surface area contributed by atoms with Crippen molar-refractivity contribution in [2.24, 2.45) is 0 Å². The number of aromatic nitrogens is 2. The smallest absolute Gasteiger partial charge is 0.130 e. The summed E-state index contributed by atoms with van der Waals surface area (Å²) in [5.41, 5.74) is 1.15. The van der Waals surface area contributed by atoms with E-state index in [2.05, 4.69) is 30.8 Å². The Morgan fingerprint density at radius 1 is 1.47 bits per heavy atom. The first-order chi connectivity index (χ1) is 7.25. The van der Waals surface area contributed by atoms with E-state index in [4.69, 9.17) is 11.6 Å². The highest BCUT2D eigenvalue weighted by molar-refractivity contribution is 9.10. The monoisotopic (exact) mass is 303 g/mol. The Hall–Kier alpha value is -0.650. The quantitative estimate of drug-likeness (QED) is 0.942. The molecule has 0 radical (unpaired) electrons. The summed E-state index contributed by atoms with van der Waals surface area (Å²) < 4.78 is 4.67. The van der Waals surface area contributed by atoms with Crippen LogP contribution in [0, 0.1) is 0 Å². The molecule has 0 saturated heterocycles. The van der Waals surface area contributed by atoms with Crippen molar-refractivity contribution < 1.29 is 0 Å². The molecule has 78 valence electrons. The number of hydrogen-bond acceptors (Lipinski definition) is 4. The molecule has 2 aromatic rings. The molecule has 0 unspecified atom stereocenters. The van der Waals surface area contributed by atoms with Crippen LogP contribution in [-0.4, -0.2) is 9.59 Å². The average molecular weight is 305 g/mol. The molecule has 2 rings (SSSR count). The van der Waals surface area contributed by atoms with Crippen LogP contribution < -0.4 is 5.32 Å². The zero-order valence-corrected chi connectivity index (χ0v) is 10.7. The molecule has 0 atom stereocenters. The molecule has 3 nitrogen and oxygen atoms in total. The van der Waals surface area contributed by atoms with Gasteiger partial charge >= 0.3 is 0 Å². The van der Waals surface area contributed by atoms with Crippen LogP contribution in [0.25, 0.3) is 0 Å². The minimum Gasteiger partial charge on any atom is -0.370 e. The van der Waals surface area contributed by atoms with Crippen molar-refractivity contribution in [3.05, 3.63) is 39.5 Å². The maximum Gasteiger partial charge on any atom is 0.130 e. The van der Waals surface area contributed by atoms with Crippen LogP contribution in [0.3, 0.4) is 0 Å². The van der Waals surface area contributed by atoms with Crippen LogP contribution in [0.4, 0.5) is 5.00 Å².